The van der Waals surface area contributed by atoms with Crippen LogP contribution >= 0.6 is 28.5 Å². The largest absolute Gasteiger partial charge is 0.475 e. The number of benzene rings is 1. The van der Waals surface area contributed by atoms with E-state index in [0.717, 1.165) is 34.2 Å². The van der Waals surface area contributed by atoms with Gasteiger partial charge < -0.3 is 9.26 Å². The van der Waals surface area contributed by atoms with E-state index in [1.54, 1.807) is 0 Å². The van der Waals surface area contributed by atoms with Crippen LogP contribution in [0, 0.1) is 20.8 Å². The number of carbonyl (C=O) groups excluding carboxylic acids is 1. The molecule has 0 spiro atoms. The van der Waals surface area contributed by atoms with Gasteiger partial charge in [0.1, 0.15) is 12.9 Å². The Bertz CT molecular complexity index is 683. The summed E-state index contributed by atoms with van der Waals surface area (Å²) in [5, 5.41) is 0. The number of pyridine rings is 1. The molecule has 1 atom stereocenters. The number of aromatic nitrogens is 1. The molecule has 0 aliphatic rings. The third-order valence-corrected chi connectivity index (χ3v) is 4.88. The lowest BCUT2D eigenvalue weighted by molar-refractivity contribution is 0.112. The molecule has 0 N–H and O–H groups in total. The Labute approximate surface area is 151 Å². The molecule has 23 heavy (non-hydrogen) atoms. The molecular weight excluding hydrogens is 424 g/mol. The predicted octanol–water partition coefficient (Wildman–Crippen LogP) is 4.83. The zero-order valence-electron chi connectivity index (χ0n) is 13.4. The highest BCUT2D eigenvalue weighted by Gasteiger charge is 2.13. The fourth-order valence-electron chi connectivity index (χ4n) is 2.56. The van der Waals surface area contributed by atoms with Crippen molar-refractivity contribution in [3.8, 4) is 17.0 Å². The van der Waals surface area contributed by atoms with Crippen LogP contribution in [0.3, 0.4) is 0 Å². The van der Waals surface area contributed by atoms with Crippen molar-refractivity contribution in [1.29, 1.82) is 0 Å². The second-order valence-electron chi connectivity index (χ2n) is 5.15. The third kappa shape index (κ3) is 4.49. The number of nitrogens with zero attached hydrogens (tertiary/aromatic N) is 1. The number of hydrogen-bond donors (Lipinski definition) is 0. The van der Waals surface area contributed by atoms with Crippen LogP contribution < -0.4 is 4.74 Å². The summed E-state index contributed by atoms with van der Waals surface area (Å²) in [6.07, 6.45) is 0.891. The van der Waals surface area contributed by atoms with Gasteiger partial charge in [-0.1, -0.05) is 18.2 Å². The first-order valence-corrected chi connectivity index (χ1v) is 11.2. The van der Waals surface area contributed by atoms with Crippen LogP contribution in [0.2, 0.25) is 0 Å². The van der Waals surface area contributed by atoms with Gasteiger partial charge in [0, 0.05) is 22.9 Å². The molecule has 122 valence electrons. The minimum Gasteiger partial charge on any atom is -0.475 e. The van der Waals surface area contributed by atoms with Gasteiger partial charge in [-0.15, -0.1) is 0 Å². The number of aldehydes is 1. The van der Waals surface area contributed by atoms with Crippen LogP contribution in [0.5, 0.6) is 5.88 Å². The topological polar surface area (TPSA) is 48.4 Å². The Balaban J connectivity index is 2.32. The van der Waals surface area contributed by atoms with E-state index in [0.29, 0.717) is 31.1 Å². The van der Waals surface area contributed by atoms with Gasteiger partial charge in [-0.3, -0.25) is 4.79 Å². The normalized spacial score (nSPS) is 11.1. The number of hydrogen-bond acceptors (Lipinski definition) is 4. The monoisotopic (exact) mass is 443 g/mol. The van der Waals surface area contributed by atoms with Crippen molar-refractivity contribution < 1.29 is 14.1 Å². The maximum absolute atomic E-state index is 11.2. The number of rotatable bonds is 7. The lowest BCUT2D eigenvalue weighted by Crippen LogP contribution is -2.06. The Kier molecular flexibility index (Phi) is 6.93. The number of carbonyl (C=O) groups is 1. The maximum Gasteiger partial charge on any atom is 0.213 e. The molecule has 0 fully saturated rings. The molecule has 0 saturated carbocycles. The first-order valence-electron chi connectivity index (χ1n) is 7.22. The zero-order chi connectivity index (χ0) is 16.8. The Morgan fingerprint density at radius 3 is 2.70 bits per heavy atom. The molecule has 1 aromatic carbocycles. The zero-order valence-corrected chi connectivity index (χ0v) is 16.5. The van der Waals surface area contributed by atoms with E-state index in [1.165, 1.54) is 0 Å². The highest BCUT2D eigenvalue weighted by atomic mass is 127. The SMILES string of the molecule is Cc1cc(OCCOPI)nc(C)c1-c1cccc(C=O)c1C. The Morgan fingerprint density at radius 1 is 1.26 bits per heavy atom. The quantitative estimate of drug-likeness (QED) is 0.266. The molecule has 2 rings (SSSR count). The average Bonchev–Trinajstić information content (AvgIpc) is 2.52. The molecule has 0 radical (unpaired) electrons. The lowest BCUT2D eigenvalue weighted by Gasteiger charge is -2.15. The van der Waals surface area contributed by atoms with Gasteiger partial charge in [0.25, 0.3) is 0 Å². The molecule has 0 amide bonds. The summed E-state index contributed by atoms with van der Waals surface area (Å²) in [6, 6.07) is 7.68. The van der Waals surface area contributed by atoms with Crippen LogP contribution in [0.4, 0.5) is 0 Å². The first-order chi connectivity index (χ1) is 11.1. The molecule has 1 unspecified atom stereocenters. The van der Waals surface area contributed by atoms with Crippen molar-refractivity contribution in [3.05, 3.63) is 46.6 Å². The maximum atomic E-state index is 11.2. The smallest absolute Gasteiger partial charge is 0.213 e. The molecule has 6 heteroatoms. The van der Waals surface area contributed by atoms with Crippen LogP contribution in [0.15, 0.2) is 24.3 Å². The molecule has 0 aliphatic heterocycles. The van der Waals surface area contributed by atoms with E-state index < -0.39 is 0 Å². The summed E-state index contributed by atoms with van der Waals surface area (Å²) in [6.45, 7) is 7.44. The van der Waals surface area contributed by atoms with Crippen molar-refractivity contribution in [2.24, 2.45) is 0 Å². The van der Waals surface area contributed by atoms with Gasteiger partial charge in [-0.2, -0.15) is 0 Å². The average molecular weight is 443 g/mol. The first kappa shape index (κ1) is 18.3. The highest BCUT2D eigenvalue weighted by Crippen LogP contribution is 2.32. The Hall–Kier alpha value is -1.04. The van der Waals surface area contributed by atoms with Gasteiger partial charge in [0.15, 0.2) is 0 Å². The Morgan fingerprint density at radius 2 is 2.04 bits per heavy atom. The van der Waals surface area contributed by atoms with Crippen molar-refractivity contribution >= 4 is 34.8 Å². The van der Waals surface area contributed by atoms with Crippen molar-refractivity contribution in [2.75, 3.05) is 13.2 Å². The van der Waals surface area contributed by atoms with Crippen LogP contribution in [0.1, 0.15) is 27.2 Å². The molecule has 0 aliphatic carbocycles. The van der Waals surface area contributed by atoms with Gasteiger partial charge in [-0.05, 0) is 59.5 Å². The summed E-state index contributed by atoms with van der Waals surface area (Å²) < 4.78 is 10.9. The van der Waals surface area contributed by atoms with E-state index in [2.05, 4.69) is 27.0 Å². The summed E-state index contributed by atoms with van der Waals surface area (Å²) in [4.78, 5) is 15.7. The molecule has 2 aromatic rings. The van der Waals surface area contributed by atoms with E-state index in [9.17, 15) is 4.79 Å². The van der Waals surface area contributed by atoms with E-state index in [1.807, 2.05) is 45.0 Å². The van der Waals surface area contributed by atoms with Gasteiger partial charge in [0.2, 0.25) is 5.88 Å². The van der Waals surface area contributed by atoms with E-state index >= 15 is 0 Å². The molecular formula is C17H19INO3P. The molecule has 0 bridgehead atoms. The predicted molar refractivity (Wildman–Crippen MR) is 103 cm³/mol. The molecule has 1 aromatic heterocycles. The van der Waals surface area contributed by atoms with Crippen LogP contribution in [-0.2, 0) is 4.52 Å². The van der Waals surface area contributed by atoms with Gasteiger partial charge >= 0.3 is 0 Å². The standard InChI is InChI=1S/C17H19INO3P/c1-11-9-16(21-7-8-22-23-18)19-13(3)17(11)15-6-4-5-14(10-20)12(15)2/h4-6,9-10,23H,7-8H2,1-3H3. The van der Waals surface area contributed by atoms with Crippen LogP contribution in [-0.4, -0.2) is 24.5 Å². The summed E-state index contributed by atoms with van der Waals surface area (Å²) in [7, 11) is 0. The number of halogens is 1. The minimum absolute atomic E-state index is 0.438. The molecule has 4 nitrogen and oxygen atoms in total. The number of ether oxygens (including phenoxy) is 1. The summed E-state index contributed by atoms with van der Waals surface area (Å²) in [5.74, 6) is 0.605. The molecule has 0 saturated heterocycles. The van der Waals surface area contributed by atoms with E-state index in [4.69, 9.17) is 9.26 Å². The fourth-order valence-corrected chi connectivity index (χ4v) is 3.38. The molecule has 1 heterocycles. The summed E-state index contributed by atoms with van der Waals surface area (Å²) in [5.41, 5.74) is 5.75. The second-order valence-corrected chi connectivity index (χ2v) is 6.91. The number of aryl methyl sites for hydroxylation is 2. The van der Waals surface area contributed by atoms with E-state index in [-0.39, 0.29) is 0 Å². The van der Waals surface area contributed by atoms with Crippen LogP contribution in [0.25, 0.3) is 11.1 Å². The van der Waals surface area contributed by atoms with Gasteiger partial charge in [0.05, 0.1) is 13.1 Å². The second kappa shape index (κ2) is 8.71. The third-order valence-electron chi connectivity index (χ3n) is 3.64. The lowest BCUT2D eigenvalue weighted by atomic mass is 9.93. The fraction of sp³-hybridized carbons (Fsp3) is 0.294. The highest BCUT2D eigenvalue weighted by molar-refractivity contribution is 14.2. The van der Waals surface area contributed by atoms with Crippen molar-refractivity contribution in [2.45, 2.75) is 20.8 Å². The minimum atomic E-state index is 0.438. The van der Waals surface area contributed by atoms with Crippen molar-refractivity contribution in [3.63, 3.8) is 0 Å². The van der Waals surface area contributed by atoms with Crippen molar-refractivity contribution in [1.82, 2.24) is 4.98 Å². The summed E-state index contributed by atoms with van der Waals surface area (Å²) >= 11 is 2.18. The van der Waals surface area contributed by atoms with Gasteiger partial charge in [-0.25, -0.2) is 4.98 Å².